The van der Waals surface area contributed by atoms with Crippen molar-refractivity contribution < 1.29 is 9.66 Å². The molecule has 0 spiro atoms. The van der Waals surface area contributed by atoms with Gasteiger partial charge in [0.1, 0.15) is 17.9 Å². The molecule has 1 aromatic heterocycles. The lowest BCUT2D eigenvalue weighted by molar-refractivity contribution is -0.383. The highest BCUT2D eigenvalue weighted by Crippen LogP contribution is 2.29. The van der Waals surface area contributed by atoms with Crippen LogP contribution in [-0.2, 0) is 5.41 Å². The zero-order valence-corrected chi connectivity index (χ0v) is 15.7. The standard InChI is InChI=1S/C21H23N3O3/c1-21(2,3)15-6-8-16(9-7-15)27-14-13-22-18-10-11-19(24(25)26)17-5-4-12-23-20(17)18/h4-12,22H,13-14H2,1-3H3. The van der Waals surface area contributed by atoms with E-state index < -0.39 is 4.92 Å². The molecule has 3 rings (SSSR count). The van der Waals surface area contributed by atoms with Crippen LogP contribution in [0.2, 0.25) is 0 Å². The van der Waals surface area contributed by atoms with Crippen LogP contribution in [0.25, 0.3) is 10.9 Å². The largest absolute Gasteiger partial charge is 0.492 e. The molecule has 6 heteroatoms. The third kappa shape index (κ3) is 4.34. The summed E-state index contributed by atoms with van der Waals surface area (Å²) in [4.78, 5) is 15.1. The average molecular weight is 365 g/mol. The van der Waals surface area contributed by atoms with Gasteiger partial charge in [0.05, 0.1) is 16.0 Å². The molecule has 0 atom stereocenters. The van der Waals surface area contributed by atoms with Crippen molar-refractivity contribution in [3.05, 3.63) is 70.4 Å². The molecule has 0 saturated carbocycles. The lowest BCUT2D eigenvalue weighted by atomic mass is 9.87. The van der Waals surface area contributed by atoms with Crippen LogP contribution >= 0.6 is 0 Å². The number of benzene rings is 2. The van der Waals surface area contributed by atoms with Crippen LogP contribution < -0.4 is 10.1 Å². The van der Waals surface area contributed by atoms with Crippen LogP contribution in [0.15, 0.2) is 54.7 Å². The predicted octanol–water partition coefficient (Wildman–Crippen LogP) is 4.93. The van der Waals surface area contributed by atoms with Gasteiger partial charge in [-0.3, -0.25) is 15.1 Å². The monoisotopic (exact) mass is 365 g/mol. The summed E-state index contributed by atoms with van der Waals surface area (Å²) >= 11 is 0. The molecule has 0 saturated heterocycles. The fraction of sp³-hybridized carbons (Fsp3) is 0.286. The Morgan fingerprint density at radius 3 is 2.52 bits per heavy atom. The number of hydrogen-bond donors (Lipinski definition) is 1. The molecular formula is C21H23N3O3. The van der Waals surface area contributed by atoms with E-state index >= 15 is 0 Å². The molecule has 0 unspecified atom stereocenters. The number of ether oxygens (including phenoxy) is 1. The summed E-state index contributed by atoms with van der Waals surface area (Å²) in [5.74, 6) is 0.816. The summed E-state index contributed by atoms with van der Waals surface area (Å²) < 4.78 is 5.78. The molecule has 3 aromatic rings. The van der Waals surface area contributed by atoms with Crippen molar-refractivity contribution in [3.63, 3.8) is 0 Å². The van der Waals surface area contributed by atoms with Gasteiger partial charge in [0, 0.05) is 18.8 Å². The minimum Gasteiger partial charge on any atom is -0.492 e. The molecule has 0 radical (unpaired) electrons. The Labute approximate surface area is 158 Å². The first-order chi connectivity index (χ1) is 12.9. The van der Waals surface area contributed by atoms with Gasteiger partial charge in [0.25, 0.3) is 5.69 Å². The first-order valence-corrected chi connectivity index (χ1v) is 8.85. The number of nitrogens with zero attached hydrogens (tertiary/aromatic N) is 2. The number of rotatable bonds is 6. The van der Waals surface area contributed by atoms with Crippen molar-refractivity contribution in [2.75, 3.05) is 18.5 Å². The van der Waals surface area contributed by atoms with Gasteiger partial charge in [-0.25, -0.2) is 0 Å². The zero-order chi connectivity index (χ0) is 19.4. The predicted molar refractivity (Wildman–Crippen MR) is 108 cm³/mol. The van der Waals surface area contributed by atoms with Crippen molar-refractivity contribution in [1.82, 2.24) is 4.98 Å². The number of hydrogen-bond acceptors (Lipinski definition) is 5. The molecule has 27 heavy (non-hydrogen) atoms. The summed E-state index contributed by atoms with van der Waals surface area (Å²) in [6.45, 7) is 7.56. The fourth-order valence-corrected chi connectivity index (χ4v) is 2.87. The number of fused-ring (bicyclic) bond motifs is 1. The van der Waals surface area contributed by atoms with Gasteiger partial charge in [-0.1, -0.05) is 32.9 Å². The average Bonchev–Trinajstić information content (AvgIpc) is 2.64. The van der Waals surface area contributed by atoms with E-state index in [1.807, 2.05) is 12.1 Å². The maximum atomic E-state index is 11.2. The number of anilines is 1. The second-order valence-corrected chi connectivity index (χ2v) is 7.34. The highest BCUT2D eigenvalue weighted by molar-refractivity contribution is 5.96. The van der Waals surface area contributed by atoms with E-state index in [2.05, 4.69) is 43.2 Å². The van der Waals surface area contributed by atoms with E-state index in [1.54, 1.807) is 24.4 Å². The maximum absolute atomic E-state index is 11.2. The molecule has 0 aliphatic carbocycles. The molecular weight excluding hydrogens is 342 g/mol. The van der Waals surface area contributed by atoms with Crippen molar-refractivity contribution >= 4 is 22.3 Å². The molecule has 0 bridgehead atoms. The Kier molecular flexibility index (Phi) is 5.26. The number of aromatic nitrogens is 1. The quantitative estimate of drug-likeness (QED) is 0.381. The van der Waals surface area contributed by atoms with E-state index in [4.69, 9.17) is 4.74 Å². The van der Waals surface area contributed by atoms with E-state index in [9.17, 15) is 10.1 Å². The Balaban J connectivity index is 1.63. The van der Waals surface area contributed by atoms with Crippen LogP contribution in [0.5, 0.6) is 5.75 Å². The number of nitro benzene ring substituents is 1. The number of nitro groups is 1. The third-order valence-corrected chi connectivity index (χ3v) is 4.35. The molecule has 0 fully saturated rings. The molecule has 0 aliphatic heterocycles. The minimum atomic E-state index is -0.391. The van der Waals surface area contributed by atoms with E-state index in [0.717, 1.165) is 11.4 Å². The van der Waals surface area contributed by atoms with Gasteiger partial charge in [-0.05, 0) is 41.3 Å². The molecule has 1 N–H and O–H groups in total. The van der Waals surface area contributed by atoms with E-state index in [1.165, 1.54) is 11.6 Å². The minimum absolute atomic E-state index is 0.0545. The first kappa shape index (κ1) is 18.6. The molecule has 0 aliphatic rings. The van der Waals surface area contributed by atoms with E-state index in [-0.39, 0.29) is 11.1 Å². The highest BCUT2D eigenvalue weighted by atomic mass is 16.6. The van der Waals surface area contributed by atoms with Crippen molar-refractivity contribution in [3.8, 4) is 5.75 Å². The highest BCUT2D eigenvalue weighted by Gasteiger charge is 2.15. The SMILES string of the molecule is CC(C)(C)c1ccc(OCCNc2ccc([N+](=O)[O-])c3cccnc23)cc1. The summed E-state index contributed by atoms with van der Waals surface area (Å²) in [5, 5.41) is 14.9. The van der Waals surface area contributed by atoms with Crippen LogP contribution in [-0.4, -0.2) is 23.1 Å². The molecule has 0 amide bonds. The third-order valence-electron chi connectivity index (χ3n) is 4.35. The molecule has 1 heterocycles. The number of nitrogens with one attached hydrogen (secondary N) is 1. The Morgan fingerprint density at radius 1 is 1.11 bits per heavy atom. The second kappa shape index (κ2) is 7.61. The fourth-order valence-electron chi connectivity index (χ4n) is 2.87. The smallest absolute Gasteiger partial charge is 0.278 e. The van der Waals surface area contributed by atoms with Gasteiger partial charge < -0.3 is 10.1 Å². The maximum Gasteiger partial charge on any atom is 0.278 e. The lowest BCUT2D eigenvalue weighted by Crippen LogP contribution is -2.13. The van der Waals surface area contributed by atoms with Crippen LogP contribution in [0, 0.1) is 10.1 Å². The van der Waals surface area contributed by atoms with Crippen molar-refractivity contribution in [1.29, 1.82) is 0 Å². The lowest BCUT2D eigenvalue weighted by Gasteiger charge is -2.19. The number of pyridine rings is 1. The normalized spacial score (nSPS) is 11.4. The number of non-ortho nitro benzene ring substituents is 1. The molecule has 6 nitrogen and oxygen atoms in total. The van der Waals surface area contributed by atoms with Crippen LogP contribution in [0.3, 0.4) is 0 Å². The van der Waals surface area contributed by atoms with Gasteiger partial charge in [0.15, 0.2) is 0 Å². The van der Waals surface area contributed by atoms with Gasteiger partial charge in [-0.2, -0.15) is 0 Å². The van der Waals surface area contributed by atoms with Crippen molar-refractivity contribution in [2.45, 2.75) is 26.2 Å². The Hall–Kier alpha value is -3.15. The topological polar surface area (TPSA) is 77.3 Å². The summed E-state index contributed by atoms with van der Waals surface area (Å²) in [7, 11) is 0. The Bertz CT molecular complexity index is 947. The zero-order valence-electron chi connectivity index (χ0n) is 15.7. The van der Waals surface area contributed by atoms with Crippen LogP contribution in [0.1, 0.15) is 26.3 Å². The van der Waals surface area contributed by atoms with Gasteiger partial charge in [-0.15, -0.1) is 0 Å². The summed E-state index contributed by atoms with van der Waals surface area (Å²) in [6, 6.07) is 14.7. The summed E-state index contributed by atoms with van der Waals surface area (Å²) in [5.41, 5.74) is 2.77. The Morgan fingerprint density at radius 2 is 1.85 bits per heavy atom. The van der Waals surface area contributed by atoms with E-state index in [0.29, 0.717) is 24.1 Å². The molecule has 140 valence electrons. The van der Waals surface area contributed by atoms with Gasteiger partial charge in [0.2, 0.25) is 0 Å². The van der Waals surface area contributed by atoms with Gasteiger partial charge >= 0.3 is 0 Å². The second-order valence-electron chi connectivity index (χ2n) is 7.34. The summed E-state index contributed by atoms with van der Waals surface area (Å²) in [6.07, 6.45) is 1.63. The molecule has 2 aromatic carbocycles. The first-order valence-electron chi connectivity index (χ1n) is 8.85. The van der Waals surface area contributed by atoms with Crippen LogP contribution in [0.4, 0.5) is 11.4 Å². The van der Waals surface area contributed by atoms with Crippen molar-refractivity contribution in [2.24, 2.45) is 0 Å².